The Morgan fingerprint density at radius 3 is 1.52 bits per heavy atom. The van der Waals surface area contributed by atoms with Gasteiger partial charge in [0.1, 0.15) is 0 Å². The van der Waals surface area contributed by atoms with E-state index >= 15 is 0 Å². The molecular weight excluding hydrogens is 607 g/mol. The van der Waals surface area contributed by atoms with Crippen LogP contribution in [0.1, 0.15) is 22.4 Å². The van der Waals surface area contributed by atoms with Gasteiger partial charge in [0.15, 0.2) is 5.82 Å². The van der Waals surface area contributed by atoms with Crippen molar-refractivity contribution < 1.29 is 0 Å². The van der Waals surface area contributed by atoms with E-state index in [-0.39, 0.29) is 0 Å². The van der Waals surface area contributed by atoms with Gasteiger partial charge in [0.25, 0.3) is 0 Å². The molecule has 0 aliphatic heterocycles. The van der Waals surface area contributed by atoms with E-state index in [1.807, 2.05) is 6.07 Å². The first-order valence-electron chi connectivity index (χ1n) is 17.2. The molecule has 1 spiro atoms. The molecule has 0 fully saturated rings. The maximum absolute atomic E-state index is 5.57. The molecule has 50 heavy (non-hydrogen) atoms. The first-order chi connectivity index (χ1) is 24.8. The van der Waals surface area contributed by atoms with Crippen molar-refractivity contribution in [2.75, 3.05) is 0 Å². The van der Waals surface area contributed by atoms with E-state index in [1.165, 1.54) is 55.2 Å². The maximum Gasteiger partial charge on any atom is 0.160 e. The van der Waals surface area contributed by atoms with Gasteiger partial charge in [0, 0.05) is 33.2 Å². The van der Waals surface area contributed by atoms with Gasteiger partial charge >= 0.3 is 0 Å². The Hall–Kier alpha value is -6.58. The van der Waals surface area contributed by atoms with Crippen LogP contribution in [0.25, 0.3) is 72.4 Å². The monoisotopic (exact) mass is 635 g/mol. The van der Waals surface area contributed by atoms with Gasteiger partial charge in [0.2, 0.25) is 0 Å². The summed E-state index contributed by atoms with van der Waals surface area (Å²) in [6.07, 6.45) is 0. The molecule has 9 aromatic rings. The Morgan fingerprint density at radius 2 is 0.900 bits per heavy atom. The minimum Gasteiger partial charge on any atom is -0.309 e. The highest BCUT2D eigenvalue weighted by Gasteiger charge is 2.53. The van der Waals surface area contributed by atoms with Crippen molar-refractivity contribution in [3.05, 3.63) is 198 Å². The lowest BCUT2D eigenvalue weighted by molar-refractivity contribution is 0.758. The molecule has 0 unspecified atom stereocenters. The highest BCUT2D eigenvalue weighted by molar-refractivity contribution is 6.09. The van der Waals surface area contributed by atoms with Crippen molar-refractivity contribution in [2.24, 2.45) is 0 Å². The van der Waals surface area contributed by atoms with Crippen molar-refractivity contribution >= 4 is 21.8 Å². The second-order valence-corrected chi connectivity index (χ2v) is 13.3. The number of benzene rings is 7. The topological polar surface area (TPSA) is 30.7 Å². The number of para-hydroxylation sites is 2. The zero-order valence-electron chi connectivity index (χ0n) is 27.1. The lowest BCUT2D eigenvalue weighted by Crippen LogP contribution is -2.27. The van der Waals surface area contributed by atoms with Crippen LogP contribution in [0.4, 0.5) is 0 Å². The van der Waals surface area contributed by atoms with Crippen LogP contribution in [-0.4, -0.2) is 14.5 Å². The predicted molar refractivity (Wildman–Crippen MR) is 204 cm³/mol. The average molecular weight is 636 g/mol. The first kappa shape index (κ1) is 27.4. The number of rotatable bonds is 3. The van der Waals surface area contributed by atoms with E-state index in [9.17, 15) is 0 Å². The third-order valence-corrected chi connectivity index (χ3v) is 10.8. The molecule has 232 valence electrons. The summed E-state index contributed by atoms with van der Waals surface area (Å²) in [5, 5.41) is 2.51. The van der Waals surface area contributed by atoms with Crippen LogP contribution >= 0.6 is 0 Å². The Kier molecular flexibility index (Phi) is 5.59. The summed E-state index contributed by atoms with van der Waals surface area (Å²) < 4.78 is 2.37. The van der Waals surface area contributed by atoms with Crippen LogP contribution in [0.2, 0.25) is 0 Å². The van der Waals surface area contributed by atoms with Crippen molar-refractivity contribution in [3.8, 4) is 50.6 Å². The van der Waals surface area contributed by atoms with Gasteiger partial charge in [-0.1, -0.05) is 152 Å². The molecule has 2 aliphatic carbocycles. The molecule has 0 bridgehead atoms. The standard InChI is InChI=1S/C47H29N3/c1-2-14-31(15-3-1)46-48-44(30-26-28-32(29-27-30)50-41-24-12-7-18-35(41)36-19-8-13-25-42(36)50)43-37-20-6-11-23-40(37)47(45(43)49-46)38-21-9-4-16-33(38)34-17-5-10-22-39(34)47/h1-29H. The summed E-state index contributed by atoms with van der Waals surface area (Å²) in [6.45, 7) is 0. The molecule has 3 heteroatoms. The number of fused-ring (bicyclic) bond motifs is 13. The van der Waals surface area contributed by atoms with E-state index < -0.39 is 5.41 Å². The smallest absolute Gasteiger partial charge is 0.160 e. The number of hydrogen-bond acceptors (Lipinski definition) is 2. The van der Waals surface area contributed by atoms with Gasteiger partial charge < -0.3 is 4.57 Å². The quantitative estimate of drug-likeness (QED) is 0.193. The molecule has 0 radical (unpaired) electrons. The summed E-state index contributed by atoms with van der Waals surface area (Å²) in [7, 11) is 0. The van der Waals surface area contributed by atoms with Gasteiger partial charge in [-0.3, -0.25) is 0 Å². The molecule has 0 saturated heterocycles. The van der Waals surface area contributed by atoms with E-state index in [1.54, 1.807) is 0 Å². The van der Waals surface area contributed by atoms with E-state index in [0.29, 0.717) is 0 Å². The third-order valence-electron chi connectivity index (χ3n) is 10.8. The minimum atomic E-state index is -0.552. The zero-order valence-corrected chi connectivity index (χ0v) is 27.1. The van der Waals surface area contributed by atoms with Gasteiger partial charge in [-0.2, -0.15) is 0 Å². The zero-order chi connectivity index (χ0) is 32.8. The molecule has 2 aliphatic rings. The van der Waals surface area contributed by atoms with Crippen LogP contribution in [-0.2, 0) is 5.41 Å². The second kappa shape index (κ2) is 10.2. The van der Waals surface area contributed by atoms with Gasteiger partial charge in [-0.25, -0.2) is 9.97 Å². The molecule has 3 nitrogen and oxygen atoms in total. The molecule has 11 rings (SSSR count). The Morgan fingerprint density at radius 1 is 0.400 bits per heavy atom. The molecule has 0 saturated carbocycles. The van der Waals surface area contributed by atoms with Gasteiger partial charge in [-0.15, -0.1) is 0 Å². The van der Waals surface area contributed by atoms with Crippen LogP contribution in [0, 0.1) is 0 Å². The molecule has 0 N–H and O–H groups in total. The molecule has 0 atom stereocenters. The summed E-state index contributed by atoms with van der Waals surface area (Å²) in [4.78, 5) is 11.0. The number of hydrogen-bond donors (Lipinski definition) is 0. The number of aromatic nitrogens is 3. The SMILES string of the molecule is c1ccc(-c2nc(-c3ccc(-n4c5ccccc5c5ccccc54)cc3)c3c(n2)C2(c4ccccc4-c4ccccc42)c2ccccc2-3)cc1. The van der Waals surface area contributed by atoms with E-state index in [0.717, 1.165) is 39.6 Å². The fourth-order valence-corrected chi connectivity index (χ4v) is 8.82. The minimum absolute atomic E-state index is 0.552. The molecule has 0 amide bonds. The van der Waals surface area contributed by atoms with Gasteiger partial charge in [0.05, 0.1) is 27.8 Å². The highest BCUT2D eigenvalue weighted by Crippen LogP contribution is 2.63. The fraction of sp³-hybridized carbons (Fsp3) is 0.0213. The van der Waals surface area contributed by atoms with Crippen LogP contribution in [0.3, 0.4) is 0 Å². The Bertz CT molecular complexity index is 2710. The average Bonchev–Trinajstić information content (AvgIpc) is 3.80. The summed E-state index contributed by atoms with van der Waals surface area (Å²) in [6, 6.07) is 63.3. The van der Waals surface area contributed by atoms with E-state index in [2.05, 4.69) is 174 Å². The van der Waals surface area contributed by atoms with Crippen molar-refractivity contribution in [3.63, 3.8) is 0 Å². The highest BCUT2D eigenvalue weighted by atomic mass is 15.0. The van der Waals surface area contributed by atoms with Crippen molar-refractivity contribution in [1.82, 2.24) is 14.5 Å². The first-order valence-corrected chi connectivity index (χ1v) is 17.2. The Balaban J connectivity index is 1.20. The maximum atomic E-state index is 5.57. The molecule has 2 aromatic heterocycles. The summed E-state index contributed by atoms with van der Waals surface area (Å²) in [5.74, 6) is 0.736. The Labute approximate surface area is 289 Å². The number of nitrogens with zero attached hydrogens (tertiary/aromatic N) is 3. The molecule has 2 heterocycles. The molecular formula is C47H29N3. The van der Waals surface area contributed by atoms with Crippen molar-refractivity contribution in [2.45, 2.75) is 5.41 Å². The van der Waals surface area contributed by atoms with Crippen LogP contribution in [0.15, 0.2) is 176 Å². The predicted octanol–water partition coefficient (Wildman–Crippen LogP) is 11.3. The van der Waals surface area contributed by atoms with E-state index in [4.69, 9.17) is 9.97 Å². The third kappa shape index (κ3) is 3.53. The second-order valence-electron chi connectivity index (χ2n) is 13.3. The summed E-state index contributed by atoms with van der Waals surface area (Å²) in [5.41, 5.74) is 15.7. The lowest BCUT2D eigenvalue weighted by atomic mass is 9.72. The van der Waals surface area contributed by atoms with Crippen molar-refractivity contribution in [1.29, 1.82) is 0 Å². The van der Waals surface area contributed by atoms with Crippen LogP contribution in [0.5, 0.6) is 0 Å². The normalized spacial score (nSPS) is 13.4. The fourth-order valence-electron chi connectivity index (χ4n) is 8.82. The van der Waals surface area contributed by atoms with Gasteiger partial charge in [-0.05, 0) is 57.6 Å². The largest absolute Gasteiger partial charge is 0.309 e. The molecule has 7 aromatic carbocycles. The summed E-state index contributed by atoms with van der Waals surface area (Å²) >= 11 is 0. The van der Waals surface area contributed by atoms with Crippen LogP contribution < -0.4 is 0 Å². The lowest BCUT2D eigenvalue weighted by Gasteiger charge is -2.29.